The average Bonchev–Trinajstić information content (AvgIpc) is 3.03. The zero-order valence-electron chi connectivity index (χ0n) is 17.7. The highest BCUT2D eigenvalue weighted by atomic mass is 16.5. The normalized spacial score (nSPS) is 15.2. The number of para-hydroxylation sites is 1. The monoisotopic (exact) mass is 423 g/mol. The summed E-state index contributed by atoms with van der Waals surface area (Å²) in [6.07, 6.45) is 0. The van der Waals surface area contributed by atoms with Gasteiger partial charge in [-0.15, -0.1) is 0 Å². The highest BCUT2D eigenvalue weighted by molar-refractivity contribution is 6.06. The van der Waals surface area contributed by atoms with Crippen molar-refractivity contribution < 1.29 is 14.8 Å². The van der Waals surface area contributed by atoms with Crippen LogP contribution in [0.3, 0.4) is 0 Å². The van der Waals surface area contributed by atoms with E-state index in [1.165, 1.54) is 6.92 Å². The van der Waals surface area contributed by atoms with Crippen molar-refractivity contribution in [1.29, 1.82) is 0 Å². The number of nitrogens with one attached hydrogen (secondary N) is 1. The maximum atomic E-state index is 13.0. The molecule has 1 aromatic heterocycles. The summed E-state index contributed by atoms with van der Waals surface area (Å²) >= 11 is 0. The van der Waals surface area contributed by atoms with Gasteiger partial charge in [0, 0.05) is 18.0 Å². The van der Waals surface area contributed by atoms with E-state index in [9.17, 15) is 14.8 Å². The van der Waals surface area contributed by atoms with Gasteiger partial charge in [0.25, 0.3) is 5.91 Å². The quantitative estimate of drug-likeness (QED) is 0.453. The second-order valence-corrected chi connectivity index (χ2v) is 8.00. The molecule has 6 heteroatoms. The van der Waals surface area contributed by atoms with Gasteiger partial charge in [0.05, 0.1) is 16.9 Å². The molecule has 1 aliphatic rings. The molecule has 2 amide bonds. The van der Waals surface area contributed by atoms with E-state index in [1.807, 2.05) is 73.7 Å². The van der Waals surface area contributed by atoms with Crippen molar-refractivity contribution in [3.63, 3.8) is 0 Å². The number of carbonyl (C=O) groups excluding carboxylic acids is 2. The summed E-state index contributed by atoms with van der Waals surface area (Å²) in [5.41, 5.74) is 6.09. The molecule has 0 saturated heterocycles. The van der Waals surface area contributed by atoms with Crippen molar-refractivity contribution in [2.75, 3.05) is 10.4 Å². The first-order valence-corrected chi connectivity index (χ1v) is 10.3. The van der Waals surface area contributed by atoms with Crippen molar-refractivity contribution >= 4 is 34.1 Å². The number of hydroxylamine groups is 1. The summed E-state index contributed by atoms with van der Waals surface area (Å²) in [6.45, 7) is 3.40. The Balaban J connectivity index is 1.59. The van der Waals surface area contributed by atoms with Crippen LogP contribution in [-0.2, 0) is 9.59 Å². The number of hydrogen-bond acceptors (Lipinski definition) is 4. The standard InChI is InChI=1S/C26H21N3O3/c1-15-13-19-5-3-4-6-22(19)28-25(15)24-21-14-18(9-12-23(21)29(32)26(24)31)17-7-10-20(11-8-17)27-16(2)30/h3-14,24,32H,1-2H3,(H,27,30). The minimum Gasteiger partial charge on any atom is -0.326 e. The molecule has 32 heavy (non-hydrogen) atoms. The molecule has 5 rings (SSSR count). The fourth-order valence-corrected chi connectivity index (χ4v) is 4.27. The lowest BCUT2D eigenvalue weighted by Crippen LogP contribution is -2.26. The van der Waals surface area contributed by atoms with Gasteiger partial charge < -0.3 is 5.32 Å². The Kier molecular flexibility index (Phi) is 4.72. The number of anilines is 2. The van der Waals surface area contributed by atoms with E-state index in [-0.39, 0.29) is 5.91 Å². The molecule has 1 aliphatic heterocycles. The van der Waals surface area contributed by atoms with E-state index in [2.05, 4.69) is 5.32 Å². The Bertz CT molecular complexity index is 1380. The van der Waals surface area contributed by atoms with Gasteiger partial charge in [0.1, 0.15) is 5.92 Å². The predicted molar refractivity (Wildman–Crippen MR) is 124 cm³/mol. The van der Waals surface area contributed by atoms with E-state index in [1.54, 1.807) is 6.07 Å². The number of benzene rings is 3. The van der Waals surface area contributed by atoms with Crippen LogP contribution in [0.2, 0.25) is 0 Å². The number of hydrogen-bond donors (Lipinski definition) is 2. The lowest BCUT2D eigenvalue weighted by molar-refractivity contribution is -0.123. The van der Waals surface area contributed by atoms with Gasteiger partial charge in [0.15, 0.2) is 0 Å². The largest absolute Gasteiger partial charge is 0.326 e. The third-order valence-electron chi connectivity index (χ3n) is 5.79. The van der Waals surface area contributed by atoms with E-state index in [0.717, 1.165) is 32.7 Å². The van der Waals surface area contributed by atoms with E-state index in [4.69, 9.17) is 4.98 Å². The van der Waals surface area contributed by atoms with E-state index >= 15 is 0 Å². The highest BCUT2D eigenvalue weighted by Crippen LogP contribution is 2.43. The average molecular weight is 423 g/mol. The Morgan fingerprint density at radius 2 is 1.72 bits per heavy atom. The van der Waals surface area contributed by atoms with Crippen LogP contribution in [0.1, 0.15) is 29.7 Å². The minimum atomic E-state index is -0.682. The zero-order valence-corrected chi connectivity index (χ0v) is 17.7. The first-order valence-electron chi connectivity index (χ1n) is 10.3. The predicted octanol–water partition coefficient (Wildman–Crippen LogP) is 5.04. The van der Waals surface area contributed by atoms with Crippen LogP contribution in [0.4, 0.5) is 11.4 Å². The molecule has 1 unspecified atom stereocenters. The minimum absolute atomic E-state index is 0.127. The number of nitrogens with zero attached hydrogens (tertiary/aromatic N) is 2. The van der Waals surface area contributed by atoms with Crippen LogP contribution in [0.25, 0.3) is 22.0 Å². The van der Waals surface area contributed by atoms with Gasteiger partial charge in [-0.1, -0.05) is 36.4 Å². The van der Waals surface area contributed by atoms with Gasteiger partial charge >= 0.3 is 0 Å². The summed E-state index contributed by atoms with van der Waals surface area (Å²) in [4.78, 5) is 29.1. The number of aromatic nitrogens is 1. The van der Waals surface area contributed by atoms with Crippen LogP contribution in [0, 0.1) is 6.92 Å². The molecule has 0 radical (unpaired) electrons. The van der Waals surface area contributed by atoms with Crippen LogP contribution in [0.15, 0.2) is 72.8 Å². The number of aryl methyl sites for hydroxylation is 1. The van der Waals surface area contributed by atoms with E-state index < -0.39 is 11.8 Å². The Hall–Kier alpha value is -4.03. The molecular formula is C26H21N3O3. The molecule has 0 fully saturated rings. The van der Waals surface area contributed by atoms with Gasteiger partial charge in [-0.05, 0) is 65.6 Å². The molecule has 3 aromatic carbocycles. The van der Waals surface area contributed by atoms with Gasteiger partial charge in [0.2, 0.25) is 5.91 Å². The Morgan fingerprint density at radius 1 is 1.00 bits per heavy atom. The molecule has 1 atom stereocenters. The lowest BCUT2D eigenvalue weighted by atomic mass is 9.91. The molecule has 6 nitrogen and oxygen atoms in total. The zero-order chi connectivity index (χ0) is 22.4. The first kappa shape index (κ1) is 19.9. The van der Waals surface area contributed by atoms with Crippen LogP contribution in [0.5, 0.6) is 0 Å². The van der Waals surface area contributed by atoms with Crippen LogP contribution in [-0.4, -0.2) is 22.0 Å². The van der Waals surface area contributed by atoms with Crippen LogP contribution < -0.4 is 10.4 Å². The number of pyridine rings is 1. The van der Waals surface area contributed by atoms with Crippen LogP contribution >= 0.6 is 0 Å². The SMILES string of the molecule is CC(=O)Nc1ccc(-c2ccc3c(c2)C(c2nc4ccccc4cc2C)C(=O)N3O)cc1. The second-order valence-electron chi connectivity index (χ2n) is 8.00. The van der Waals surface area contributed by atoms with Crippen molar-refractivity contribution in [2.45, 2.75) is 19.8 Å². The summed E-state index contributed by atoms with van der Waals surface area (Å²) in [5.74, 6) is -1.22. The molecule has 0 spiro atoms. The molecular weight excluding hydrogens is 402 g/mol. The van der Waals surface area contributed by atoms with Gasteiger partial charge in [-0.3, -0.25) is 19.8 Å². The molecule has 0 saturated carbocycles. The summed E-state index contributed by atoms with van der Waals surface area (Å²) in [5, 5.41) is 15.0. The summed E-state index contributed by atoms with van der Waals surface area (Å²) in [7, 11) is 0. The molecule has 2 N–H and O–H groups in total. The van der Waals surface area contributed by atoms with Crippen molar-refractivity contribution in [3.05, 3.63) is 89.6 Å². The molecule has 4 aromatic rings. The first-order chi connectivity index (χ1) is 15.4. The topological polar surface area (TPSA) is 82.5 Å². The number of carbonyl (C=O) groups is 2. The fraction of sp³-hybridized carbons (Fsp3) is 0.115. The third kappa shape index (κ3) is 3.31. The van der Waals surface area contributed by atoms with Crippen molar-refractivity contribution in [2.24, 2.45) is 0 Å². The Morgan fingerprint density at radius 3 is 2.47 bits per heavy atom. The highest BCUT2D eigenvalue weighted by Gasteiger charge is 2.40. The number of rotatable bonds is 3. The molecule has 2 heterocycles. The molecule has 0 bridgehead atoms. The molecule has 158 valence electrons. The van der Waals surface area contributed by atoms with Crippen molar-refractivity contribution in [1.82, 2.24) is 4.98 Å². The van der Waals surface area contributed by atoms with Gasteiger partial charge in [-0.25, -0.2) is 0 Å². The fourth-order valence-electron chi connectivity index (χ4n) is 4.27. The van der Waals surface area contributed by atoms with E-state index in [0.29, 0.717) is 22.6 Å². The van der Waals surface area contributed by atoms with Crippen molar-refractivity contribution in [3.8, 4) is 11.1 Å². The summed E-state index contributed by atoms with van der Waals surface area (Å²) in [6, 6.07) is 22.8. The number of fused-ring (bicyclic) bond motifs is 2. The third-order valence-corrected chi connectivity index (χ3v) is 5.79. The lowest BCUT2D eigenvalue weighted by Gasteiger charge is -2.14. The maximum absolute atomic E-state index is 13.0. The van der Waals surface area contributed by atoms with Gasteiger partial charge in [-0.2, -0.15) is 5.06 Å². The second kappa shape index (κ2) is 7.59. The summed E-state index contributed by atoms with van der Waals surface area (Å²) < 4.78 is 0. The smallest absolute Gasteiger partial charge is 0.264 e. The number of amides is 2. The Labute approximate surface area is 185 Å². The molecule has 0 aliphatic carbocycles. The maximum Gasteiger partial charge on any atom is 0.264 e.